The van der Waals surface area contributed by atoms with Crippen molar-refractivity contribution in [3.8, 4) is 0 Å². The standard InChI is InChI=1S/C12H24O3/c1-6-9(11(14)15)12(4,5)7-10(13)8(2)3/h8-10,13H,6-7H2,1-5H3,(H,14,15). The lowest BCUT2D eigenvalue weighted by Gasteiger charge is -2.33. The van der Waals surface area contributed by atoms with E-state index in [1.54, 1.807) is 0 Å². The predicted octanol–water partition coefficient (Wildman–Crippen LogP) is 2.53. The van der Waals surface area contributed by atoms with E-state index in [0.717, 1.165) is 0 Å². The fraction of sp³-hybridized carbons (Fsp3) is 0.917. The summed E-state index contributed by atoms with van der Waals surface area (Å²) in [6.07, 6.45) is 0.719. The molecule has 0 bridgehead atoms. The molecule has 0 heterocycles. The summed E-state index contributed by atoms with van der Waals surface area (Å²) in [5.41, 5.74) is -0.357. The van der Waals surface area contributed by atoms with E-state index >= 15 is 0 Å². The molecule has 2 N–H and O–H groups in total. The third-order valence-electron chi connectivity index (χ3n) is 3.15. The summed E-state index contributed by atoms with van der Waals surface area (Å²) in [4.78, 5) is 11.0. The molecule has 0 aromatic carbocycles. The Morgan fingerprint density at radius 2 is 1.80 bits per heavy atom. The maximum absolute atomic E-state index is 11.0. The van der Waals surface area contributed by atoms with Crippen LogP contribution >= 0.6 is 0 Å². The summed E-state index contributed by atoms with van der Waals surface area (Å²) < 4.78 is 0. The van der Waals surface area contributed by atoms with Crippen LogP contribution in [0.5, 0.6) is 0 Å². The van der Waals surface area contributed by atoms with Crippen molar-refractivity contribution < 1.29 is 15.0 Å². The molecule has 0 rings (SSSR count). The predicted molar refractivity (Wildman–Crippen MR) is 60.7 cm³/mol. The van der Waals surface area contributed by atoms with Gasteiger partial charge in [-0.1, -0.05) is 34.6 Å². The summed E-state index contributed by atoms with van der Waals surface area (Å²) in [6.45, 7) is 9.61. The molecule has 0 aliphatic heterocycles. The highest BCUT2D eigenvalue weighted by Gasteiger charge is 2.35. The molecule has 2 unspecified atom stereocenters. The lowest BCUT2D eigenvalue weighted by atomic mass is 9.72. The SMILES string of the molecule is CCC(C(=O)O)C(C)(C)CC(O)C(C)C. The van der Waals surface area contributed by atoms with Crippen LogP contribution in [0.1, 0.15) is 47.5 Å². The molecule has 0 aliphatic rings. The summed E-state index contributed by atoms with van der Waals surface area (Å²) >= 11 is 0. The number of aliphatic carboxylic acids is 1. The van der Waals surface area contributed by atoms with Crippen LogP contribution in [0.15, 0.2) is 0 Å². The minimum absolute atomic E-state index is 0.176. The van der Waals surface area contributed by atoms with E-state index in [1.807, 2.05) is 34.6 Å². The van der Waals surface area contributed by atoms with Gasteiger partial charge in [0.05, 0.1) is 12.0 Å². The molecule has 90 valence electrons. The molecular formula is C12H24O3. The smallest absolute Gasteiger partial charge is 0.307 e. The Balaban J connectivity index is 4.57. The normalized spacial score (nSPS) is 16.5. The van der Waals surface area contributed by atoms with Gasteiger partial charge in [0.2, 0.25) is 0 Å². The van der Waals surface area contributed by atoms with Crippen molar-refractivity contribution >= 4 is 5.97 Å². The maximum atomic E-state index is 11.0. The topological polar surface area (TPSA) is 57.5 Å². The van der Waals surface area contributed by atoms with Gasteiger partial charge in [0.25, 0.3) is 0 Å². The van der Waals surface area contributed by atoms with Gasteiger partial charge in [-0.05, 0) is 24.2 Å². The van der Waals surface area contributed by atoms with Crippen molar-refractivity contribution in [1.82, 2.24) is 0 Å². The molecule has 15 heavy (non-hydrogen) atoms. The van der Waals surface area contributed by atoms with Crippen LogP contribution in [-0.4, -0.2) is 22.3 Å². The van der Waals surface area contributed by atoms with Gasteiger partial charge >= 0.3 is 5.97 Å². The van der Waals surface area contributed by atoms with Crippen LogP contribution in [0, 0.1) is 17.3 Å². The van der Waals surface area contributed by atoms with Crippen LogP contribution in [0.2, 0.25) is 0 Å². The average molecular weight is 216 g/mol. The first kappa shape index (κ1) is 14.4. The van der Waals surface area contributed by atoms with Gasteiger partial charge in [0, 0.05) is 0 Å². The van der Waals surface area contributed by atoms with Crippen LogP contribution in [0.4, 0.5) is 0 Å². The fourth-order valence-corrected chi connectivity index (χ4v) is 1.98. The van der Waals surface area contributed by atoms with Crippen molar-refractivity contribution in [1.29, 1.82) is 0 Å². The number of aliphatic hydroxyl groups is 1. The number of carboxylic acids is 1. The zero-order valence-corrected chi connectivity index (χ0v) is 10.4. The van der Waals surface area contributed by atoms with Crippen molar-refractivity contribution in [2.24, 2.45) is 17.3 Å². The van der Waals surface area contributed by atoms with E-state index in [1.165, 1.54) is 0 Å². The molecular weight excluding hydrogens is 192 g/mol. The Morgan fingerprint density at radius 1 is 1.33 bits per heavy atom. The zero-order valence-electron chi connectivity index (χ0n) is 10.4. The van der Waals surface area contributed by atoms with E-state index in [2.05, 4.69) is 0 Å². The van der Waals surface area contributed by atoms with Gasteiger partial charge in [0.15, 0.2) is 0 Å². The Kier molecular flexibility index (Phi) is 5.29. The van der Waals surface area contributed by atoms with Crippen molar-refractivity contribution in [2.45, 2.75) is 53.6 Å². The lowest BCUT2D eigenvalue weighted by molar-refractivity contribution is -0.147. The molecule has 0 amide bonds. The molecule has 0 aliphatic carbocycles. The van der Waals surface area contributed by atoms with E-state index in [9.17, 15) is 9.90 Å². The van der Waals surface area contributed by atoms with Gasteiger partial charge in [-0.25, -0.2) is 0 Å². The Morgan fingerprint density at radius 3 is 2.07 bits per heavy atom. The van der Waals surface area contributed by atoms with Gasteiger partial charge in [-0.3, -0.25) is 4.79 Å². The summed E-state index contributed by atoms with van der Waals surface area (Å²) in [5, 5.41) is 18.9. The van der Waals surface area contributed by atoms with Crippen LogP contribution in [0.25, 0.3) is 0 Å². The van der Waals surface area contributed by atoms with Gasteiger partial charge in [0.1, 0.15) is 0 Å². The first-order valence-electron chi connectivity index (χ1n) is 5.63. The van der Waals surface area contributed by atoms with Gasteiger partial charge in [-0.15, -0.1) is 0 Å². The van der Waals surface area contributed by atoms with Crippen LogP contribution in [0.3, 0.4) is 0 Å². The molecule has 0 spiro atoms. The third kappa shape index (κ3) is 4.20. The number of aliphatic hydroxyl groups excluding tert-OH is 1. The molecule has 3 nitrogen and oxygen atoms in total. The maximum Gasteiger partial charge on any atom is 0.307 e. The van der Waals surface area contributed by atoms with E-state index in [4.69, 9.17) is 5.11 Å². The second kappa shape index (κ2) is 5.50. The minimum atomic E-state index is -0.765. The Labute approximate surface area is 92.5 Å². The first-order valence-corrected chi connectivity index (χ1v) is 5.63. The van der Waals surface area contributed by atoms with E-state index in [0.29, 0.717) is 12.8 Å². The van der Waals surface area contributed by atoms with Gasteiger partial charge in [-0.2, -0.15) is 0 Å². The Hall–Kier alpha value is -0.570. The highest BCUT2D eigenvalue weighted by molar-refractivity contribution is 5.70. The first-order chi connectivity index (χ1) is 6.72. The molecule has 0 aromatic rings. The summed E-state index contributed by atoms with van der Waals surface area (Å²) in [5.74, 6) is -0.972. The molecule has 0 saturated heterocycles. The quantitative estimate of drug-likeness (QED) is 0.717. The Bertz CT molecular complexity index is 209. The summed E-state index contributed by atoms with van der Waals surface area (Å²) in [6, 6.07) is 0. The average Bonchev–Trinajstić information content (AvgIpc) is 2.02. The van der Waals surface area contributed by atoms with Crippen molar-refractivity contribution in [3.63, 3.8) is 0 Å². The second-order valence-electron chi connectivity index (χ2n) is 5.30. The third-order valence-corrected chi connectivity index (χ3v) is 3.15. The molecule has 3 heteroatoms. The second-order valence-corrected chi connectivity index (χ2v) is 5.30. The molecule has 0 aromatic heterocycles. The number of hydrogen-bond acceptors (Lipinski definition) is 2. The highest BCUT2D eigenvalue weighted by atomic mass is 16.4. The molecule has 2 atom stereocenters. The number of hydrogen-bond donors (Lipinski definition) is 2. The van der Waals surface area contributed by atoms with Crippen molar-refractivity contribution in [3.05, 3.63) is 0 Å². The molecule has 0 radical (unpaired) electrons. The zero-order chi connectivity index (χ0) is 12.2. The highest BCUT2D eigenvalue weighted by Crippen LogP contribution is 2.35. The fourth-order valence-electron chi connectivity index (χ4n) is 1.98. The number of carbonyl (C=O) groups is 1. The van der Waals surface area contributed by atoms with E-state index < -0.39 is 12.1 Å². The molecule has 0 fully saturated rings. The lowest BCUT2D eigenvalue weighted by Crippen LogP contribution is -2.35. The monoisotopic (exact) mass is 216 g/mol. The van der Waals surface area contributed by atoms with Crippen molar-refractivity contribution in [2.75, 3.05) is 0 Å². The van der Waals surface area contributed by atoms with Gasteiger partial charge < -0.3 is 10.2 Å². The molecule has 0 saturated carbocycles. The van der Waals surface area contributed by atoms with Crippen LogP contribution < -0.4 is 0 Å². The summed E-state index contributed by atoms with van der Waals surface area (Å²) in [7, 11) is 0. The largest absolute Gasteiger partial charge is 0.481 e. The number of carboxylic acid groups (broad SMARTS) is 1. The number of rotatable bonds is 6. The van der Waals surface area contributed by atoms with E-state index in [-0.39, 0.29) is 17.3 Å². The van der Waals surface area contributed by atoms with Crippen LogP contribution in [-0.2, 0) is 4.79 Å². The minimum Gasteiger partial charge on any atom is -0.481 e.